The van der Waals surface area contributed by atoms with E-state index in [0.717, 1.165) is 12.6 Å². The maximum Gasteiger partial charge on any atom is 0.0385 e. The average Bonchev–Trinajstić information content (AvgIpc) is 2.69. The van der Waals surface area contributed by atoms with Gasteiger partial charge in [-0.3, -0.25) is 0 Å². The van der Waals surface area contributed by atoms with E-state index in [9.17, 15) is 0 Å². The van der Waals surface area contributed by atoms with Crippen molar-refractivity contribution in [2.45, 2.75) is 18.9 Å². The summed E-state index contributed by atoms with van der Waals surface area (Å²) < 4.78 is 0. The van der Waals surface area contributed by atoms with Crippen LogP contribution < -0.4 is 0 Å². The van der Waals surface area contributed by atoms with Crippen LogP contribution in [0.15, 0.2) is 5.11 Å². The smallest absolute Gasteiger partial charge is 0.0385 e. The molecule has 0 radical (unpaired) electrons. The van der Waals surface area contributed by atoms with Crippen molar-refractivity contribution in [3.05, 3.63) is 10.4 Å². The lowest BCUT2D eigenvalue weighted by molar-refractivity contribution is 0.333. The molecule has 1 fully saturated rings. The Kier molecular flexibility index (Phi) is 2.54. The van der Waals surface area contributed by atoms with Crippen LogP contribution in [0.5, 0.6) is 0 Å². The van der Waals surface area contributed by atoms with E-state index in [1.54, 1.807) is 0 Å². The molecular weight excluding hydrogens is 128 g/mol. The molecule has 1 saturated carbocycles. The first kappa shape index (κ1) is 7.38. The van der Waals surface area contributed by atoms with Gasteiger partial charge in [0.2, 0.25) is 0 Å². The van der Waals surface area contributed by atoms with Crippen LogP contribution in [0.3, 0.4) is 0 Å². The summed E-state index contributed by atoms with van der Waals surface area (Å²) in [5.74, 6) is 0. The predicted octanol–water partition coefficient (Wildman–Crippen LogP) is 1.39. The summed E-state index contributed by atoms with van der Waals surface area (Å²) in [6.45, 7) is 1.50. The maximum absolute atomic E-state index is 7.97. The fourth-order valence-corrected chi connectivity index (χ4v) is 0.945. The second kappa shape index (κ2) is 3.44. The van der Waals surface area contributed by atoms with Gasteiger partial charge in [0.05, 0.1) is 0 Å². The molecule has 0 unspecified atom stereocenters. The minimum absolute atomic E-state index is 0.601. The molecule has 0 aromatic heterocycles. The summed E-state index contributed by atoms with van der Waals surface area (Å²) in [5.41, 5.74) is 7.97. The minimum Gasteiger partial charge on any atom is -0.303 e. The molecule has 0 N–H and O–H groups in total. The quantitative estimate of drug-likeness (QED) is 0.330. The first-order valence-electron chi connectivity index (χ1n) is 3.55. The van der Waals surface area contributed by atoms with E-state index in [-0.39, 0.29) is 0 Å². The van der Waals surface area contributed by atoms with Crippen LogP contribution in [-0.2, 0) is 0 Å². The molecule has 0 amide bonds. The van der Waals surface area contributed by atoms with Gasteiger partial charge >= 0.3 is 0 Å². The predicted molar refractivity (Wildman–Crippen MR) is 39.7 cm³/mol. The van der Waals surface area contributed by atoms with Gasteiger partial charge in [0.25, 0.3) is 0 Å². The fraction of sp³-hybridized carbons (Fsp3) is 1.00. The molecule has 56 valence electrons. The summed E-state index contributed by atoms with van der Waals surface area (Å²) in [4.78, 5) is 4.93. The van der Waals surface area contributed by atoms with Gasteiger partial charge in [0.1, 0.15) is 0 Å². The molecule has 1 aliphatic rings. The second-order valence-electron chi connectivity index (χ2n) is 2.67. The zero-order valence-electron chi connectivity index (χ0n) is 6.19. The van der Waals surface area contributed by atoms with E-state index in [0.29, 0.717) is 6.54 Å². The summed E-state index contributed by atoms with van der Waals surface area (Å²) in [7, 11) is 2.07. The highest BCUT2D eigenvalue weighted by atomic mass is 15.2. The Bertz CT molecular complexity index is 146. The third-order valence-electron chi connectivity index (χ3n) is 1.79. The van der Waals surface area contributed by atoms with Crippen molar-refractivity contribution >= 4 is 0 Å². The van der Waals surface area contributed by atoms with E-state index in [4.69, 9.17) is 5.53 Å². The lowest BCUT2D eigenvalue weighted by Gasteiger charge is -2.12. The van der Waals surface area contributed by atoms with E-state index in [1.165, 1.54) is 12.8 Å². The van der Waals surface area contributed by atoms with Gasteiger partial charge in [-0.25, -0.2) is 0 Å². The zero-order valence-corrected chi connectivity index (χ0v) is 6.19. The maximum atomic E-state index is 7.97. The van der Waals surface area contributed by atoms with Crippen molar-refractivity contribution < 1.29 is 0 Å². The molecule has 0 aromatic carbocycles. The Morgan fingerprint density at radius 1 is 1.70 bits per heavy atom. The van der Waals surface area contributed by atoms with Gasteiger partial charge in [-0.2, -0.15) is 0 Å². The van der Waals surface area contributed by atoms with Crippen molar-refractivity contribution in [3.8, 4) is 0 Å². The summed E-state index contributed by atoms with van der Waals surface area (Å²) in [6, 6.07) is 0.772. The van der Waals surface area contributed by atoms with E-state index in [1.807, 2.05) is 0 Å². The molecule has 4 nitrogen and oxygen atoms in total. The molecule has 0 atom stereocenters. The molecule has 4 heteroatoms. The van der Waals surface area contributed by atoms with Crippen molar-refractivity contribution in [1.82, 2.24) is 4.90 Å². The fourth-order valence-electron chi connectivity index (χ4n) is 0.945. The van der Waals surface area contributed by atoms with Crippen LogP contribution >= 0.6 is 0 Å². The number of rotatable bonds is 4. The Hall–Kier alpha value is -0.730. The molecule has 10 heavy (non-hydrogen) atoms. The Morgan fingerprint density at radius 2 is 2.40 bits per heavy atom. The van der Waals surface area contributed by atoms with Gasteiger partial charge in [-0.1, -0.05) is 5.11 Å². The van der Waals surface area contributed by atoms with Crippen molar-refractivity contribution in [2.24, 2.45) is 5.11 Å². The molecule has 0 heterocycles. The minimum atomic E-state index is 0.601. The Labute approximate surface area is 60.5 Å². The number of likely N-dealkylation sites (N-methyl/N-ethyl adjacent to an activating group) is 1. The molecule has 1 aliphatic carbocycles. The van der Waals surface area contributed by atoms with Crippen LogP contribution in [0, 0.1) is 0 Å². The standard InChI is InChI=1S/C6H12N4/c1-10(6-2-3-6)5-4-8-9-7/h6H,2-5H2,1H3. The normalized spacial score (nSPS) is 17.0. The number of nitrogens with zero attached hydrogens (tertiary/aromatic N) is 4. The molecular formula is C6H12N4. The highest BCUT2D eigenvalue weighted by Gasteiger charge is 2.24. The third kappa shape index (κ3) is 2.25. The molecule has 0 saturated heterocycles. The third-order valence-corrected chi connectivity index (χ3v) is 1.79. The molecule has 0 bridgehead atoms. The largest absolute Gasteiger partial charge is 0.303 e. The SMILES string of the molecule is CN(CCN=[N+]=[N-])C1CC1. The Balaban J connectivity index is 2.05. The van der Waals surface area contributed by atoms with Gasteiger partial charge in [0, 0.05) is 24.0 Å². The first-order chi connectivity index (χ1) is 4.84. The van der Waals surface area contributed by atoms with Crippen LogP contribution in [0.25, 0.3) is 10.4 Å². The van der Waals surface area contributed by atoms with E-state index < -0.39 is 0 Å². The Morgan fingerprint density at radius 3 is 2.90 bits per heavy atom. The van der Waals surface area contributed by atoms with Crippen LogP contribution in [0.1, 0.15) is 12.8 Å². The molecule has 1 rings (SSSR count). The monoisotopic (exact) mass is 140 g/mol. The summed E-state index contributed by atoms with van der Waals surface area (Å²) in [5, 5.41) is 3.46. The topological polar surface area (TPSA) is 52.0 Å². The van der Waals surface area contributed by atoms with Gasteiger partial charge in [-0.15, -0.1) is 0 Å². The van der Waals surface area contributed by atoms with Gasteiger partial charge in [0.15, 0.2) is 0 Å². The number of hydrogen-bond acceptors (Lipinski definition) is 2. The first-order valence-corrected chi connectivity index (χ1v) is 3.55. The zero-order chi connectivity index (χ0) is 7.40. The molecule has 0 aliphatic heterocycles. The molecule has 0 spiro atoms. The van der Waals surface area contributed by atoms with Crippen molar-refractivity contribution in [2.75, 3.05) is 20.1 Å². The van der Waals surface area contributed by atoms with Crippen LogP contribution in [0.4, 0.5) is 0 Å². The van der Waals surface area contributed by atoms with Gasteiger partial charge in [-0.05, 0) is 25.4 Å². The average molecular weight is 140 g/mol. The van der Waals surface area contributed by atoms with Crippen molar-refractivity contribution in [3.63, 3.8) is 0 Å². The van der Waals surface area contributed by atoms with E-state index in [2.05, 4.69) is 22.0 Å². The van der Waals surface area contributed by atoms with Crippen LogP contribution in [0.2, 0.25) is 0 Å². The number of azide groups is 1. The van der Waals surface area contributed by atoms with E-state index >= 15 is 0 Å². The molecule has 0 aromatic rings. The van der Waals surface area contributed by atoms with Crippen molar-refractivity contribution in [1.29, 1.82) is 0 Å². The van der Waals surface area contributed by atoms with Gasteiger partial charge < -0.3 is 4.90 Å². The second-order valence-corrected chi connectivity index (χ2v) is 2.67. The highest BCUT2D eigenvalue weighted by molar-refractivity contribution is 4.82. The highest BCUT2D eigenvalue weighted by Crippen LogP contribution is 2.24. The van der Waals surface area contributed by atoms with Crippen LogP contribution in [-0.4, -0.2) is 31.1 Å². The summed E-state index contributed by atoms with van der Waals surface area (Å²) >= 11 is 0. The lowest BCUT2D eigenvalue weighted by Crippen LogP contribution is -2.23. The summed E-state index contributed by atoms with van der Waals surface area (Å²) in [6.07, 6.45) is 2.62. The lowest BCUT2D eigenvalue weighted by atomic mass is 10.5. The number of hydrogen-bond donors (Lipinski definition) is 0.